The van der Waals surface area contributed by atoms with Gasteiger partial charge in [0.1, 0.15) is 5.60 Å². The van der Waals surface area contributed by atoms with Gasteiger partial charge in [-0.1, -0.05) is 11.6 Å². The quantitative estimate of drug-likeness (QED) is 0.491. The molecule has 0 aliphatic heterocycles. The zero-order chi connectivity index (χ0) is 25.7. The molecule has 5 atom stereocenters. The SMILES string of the molecule is COCC1(O)CC2CC[C@H](C1O)C2S(=O)(=O)c1cc(C(=O)Nc2cc(F)c(F)c(F)c2)ccc1Cl. The van der Waals surface area contributed by atoms with Crippen LogP contribution in [0.4, 0.5) is 18.9 Å². The van der Waals surface area contributed by atoms with E-state index in [2.05, 4.69) is 5.32 Å². The van der Waals surface area contributed by atoms with Crippen molar-refractivity contribution in [2.75, 3.05) is 19.0 Å². The molecule has 2 aliphatic rings. The first-order chi connectivity index (χ1) is 16.4. The maximum atomic E-state index is 13.7. The highest BCUT2D eigenvalue weighted by Gasteiger charge is 2.59. The van der Waals surface area contributed by atoms with Crippen molar-refractivity contribution >= 4 is 33.0 Å². The number of amides is 1. The van der Waals surface area contributed by atoms with Crippen molar-refractivity contribution in [3.8, 4) is 0 Å². The first-order valence-electron chi connectivity index (χ1n) is 10.8. The van der Waals surface area contributed by atoms with E-state index < -0.39 is 62.0 Å². The van der Waals surface area contributed by atoms with Gasteiger partial charge in [-0.25, -0.2) is 21.6 Å². The van der Waals surface area contributed by atoms with E-state index in [0.717, 1.165) is 6.07 Å². The summed E-state index contributed by atoms with van der Waals surface area (Å²) in [6.45, 7) is -0.144. The summed E-state index contributed by atoms with van der Waals surface area (Å²) in [5, 5.41) is 22.6. The van der Waals surface area contributed by atoms with Crippen molar-refractivity contribution in [1.29, 1.82) is 0 Å². The number of ether oxygens (including phenoxy) is 1. The van der Waals surface area contributed by atoms with Gasteiger partial charge in [0.15, 0.2) is 27.3 Å². The molecular formula is C23H23ClF3NO6S. The monoisotopic (exact) mass is 533 g/mol. The highest BCUT2D eigenvalue weighted by atomic mass is 35.5. The van der Waals surface area contributed by atoms with Crippen molar-refractivity contribution < 1.29 is 41.3 Å². The normalized spacial score (nSPS) is 28.2. The van der Waals surface area contributed by atoms with Crippen LogP contribution >= 0.6 is 11.6 Å². The van der Waals surface area contributed by atoms with Crippen LogP contribution in [-0.2, 0) is 14.6 Å². The minimum atomic E-state index is -4.17. The van der Waals surface area contributed by atoms with Crippen molar-refractivity contribution in [2.45, 2.75) is 41.1 Å². The molecule has 2 aromatic carbocycles. The number of rotatable bonds is 6. The van der Waals surface area contributed by atoms with Crippen LogP contribution in [0.5, 0.6) is 0 Å². The van der Waals surface area contributed by atoms with Gasteiger partial charge in [0.25, 0.3) is 5.91 Å². The van der Waals surface area contributed by atoms with Crippen LogP contribution in [0.15, 0.2) is 35.2 Å². The van der Waals surface area contributed by atoms with Crippen LogP contribution in [0.2, 0.25) is 5.02 Å². The summed E-state index contributed by atoms with van der Waals surface area (Å²) < 4.78 is 72.5. The Morgan fingerprint density at radius 3 is 2.49 bits per heavy atom. The van der Waals surface area contributed by atoms with Gasteiger partial charge in [-0.05, 0) is 43.4 Å². The summed E-state index contributed by atoms with van der Waals surface area (Å²) in [4.78, 5) is 12.3. The molecule has 2 saturated carbocycles. The molecule has 1 amide bonds. The number of fused-ring (bicyclic) bond motifs is 2. The van der Waals surface area contributed by atoms with Crippen molar-refractivity contribution in [3.05, 3.63) is 58.4 Å². The molecule has 2 aromatic rings. The molecule has 3 N–H and O–H groups in total. The van der Waals surface area contributed by atoms with Crippen molar-refractivity contribution in [2.24, 2.45) is 11.8 Å². The number of halogens is 4. The van der Waals surface area contributed by atoms with Crippen LogP contribution in [0.1, 0.15) is 29.6 Å². The summed E-state index contributed by atoms with van der Waals surface area (Å²) >= 11 is 6.20. The standard InChI is InChI=1S/C23H23ClF3NO6S/c1-34-10-23(31)9-12-2-4-14(21(23)29)20(12)35(32,33)18-6-11(3-5-15(18)24)22(30)28-13-7-16(25)19(27)17(26)8-13/h3,5-8,12,14,20-21,29,31H,2,4,9-10H2,1H3,(H,28,30)/t12?,14-,20?,21?,23?/m0/s1. The zero-order valence-corrected chi connectivity index (χ0v) is 20.0. The third-order valence-corrected chi connectivity index (χ3v) is 9.67. The lowest BCUT2D eigenvalue weighted by molar-refractivity contribution is -0.153. The van der Waals surface area contributed by atoms with E-state index in [1.165, 1.54) is 19.2 Å². The summed E-state index contributed by atoms with van der Waals surface area (Å²) in [6, 6.07) is 4.66. The Bertz CT molecular complexity index is 1250. The lowest BCUT2D eigenvalue weighted by Crippen LogP contribution is -2.58. The second kappa shape index (κ2) is 9.36. The average Bonchev–Trinajstić information content (AvgIpc) is 3.15. The van der Waals surface area contributed by atoms with E-state index in [0.29, 0.717) is 25.0 Å². The Labute approximate surface area is 204 Å². The molecule has 12 heteroatoms. The second-order valence-corrected chi connectivity index (χ2v) is 11.5. The number of nitrogens with one attached hydrogen (secondary N) is 1. The smallest absolute Gasteiger partial charge is 0.255 e. The number of hydrogen-bond acceptors (Lipinski definition) is 6. The Kier molecular flexibility index (Phi) is 6.93. The number of carbonyl (C=O) groups excluding carboxylic acids is 1. The fourth-order valence-electron chi connectivity index (χ4n) is 5.33. The number of benzene rings is 2. The van der Waals surface area contributed by atoms with Gasteiger partial charge in [0, 0.05) is 36.4 Å². The fourth-order valence-corrected chi connectivity index (χ4v) is 8.18. The molecule has 2 aliphatic carbocycles. The van der Waals surface area contributed by atoms with Crippen LogP contribution in [0.3, 0.4) is 0 Å². The number of anilines is 1. The van der Waals surface area contributed by atoms with Crippen LogP contribution in [0, 0.1) is 29.3 Å². The van der Waals surface area contributed by atoms with Gasteiger partial charge in [0.05, 0.1) is 27.9 Å². The first-order valence-corrected chi connectivity index (χ1v) is 12.7. The minimum absolute atomic E-state index is 0.0158. The highest BCUT2D eigenvalue weighted by molar-refractivity contribution is 7.92. The second-order valence-electron chi connectivity index (χ2n) is 9.05. The van der Waals surface area contributed by atoms with E-state index in [1.54, 1.807) is 0 Å². The zero-order valence-electron chi connectivity index (χ0n) is 18.5. The number of aliphatic hydroxyl groups is 2. The number of methoxy groups -OCH3 is 1. The van der Waals surface area contributed by atoms with Gasteiger partial charge in [-0.15, -0.1) is 0 Å². The molecule has 0 saturated heterocycles. The molecule has 2 bridgehead atoms. The number of aliphatic hydroxyl groups excluding tert-OH is 1. The van der Waals surface area contributed by atoms with Gasteiger partial charge in [-0.3, -0.25) is 4.79 Å². The molecular weight excluding hydrogens is 511 g/mol. The van der Waals surface area contributed by atoms with E-state index in [9.17, 15) is 36.6 Å². The molecule has 2 fully saturated rings. The number of hydrogen-bond donors (Lipinski definition) is 3. The largest absolute Gasteiger partial charge is 0.390 e. The summed E-state index contributed by atoms with van der Waals surface area (Å²) in [5.41, 5.74) is -2.10. The Hall–Kier alpha value is -2.18. The summed E-state index contributed by atoms with van der Waals surface area (Å²) in [6.07, 6.45) is -0.477. The summed E-state index contributed by atoms with van der Waals surface area (Å²) in [7, 11) is -2.79. The maximum Gasteiger partial charge on any atom is 0.255 e. The molecule has 0 heterocycles. The van der Waals surface area contributed by atoms with Crippen LogP contribution in [0.25, 0.3) is 0 Å². The Morgan fingerprint density at radius 1 is 1.20 bits per heavy atom. The molecule has 0 radical (unpaired) electrons. The number of carbonyl (C=O) groups is 1. The Morgan fingerprint density at radius 2 is 1.86 bits per heavy atom. The average molecular weight is 534 g/mol. The lowest BCUT2D eigenvalue weighted by atomic mass is 9.75. The molecule has 0 aromatic heterocycles. The van der Waals surface area contributed by atoms with Gasteiger partial charge >= 0.3 is 0 Å². The van der Waals surface area contributed by atoms with Crippen LogP contribution < -0.4 is 5.32 Å². The highest BCUT2D eigenvalue weighted by Crippen LogP contribution is 2.51. The fraction of sp³-hybridized carbons (Fsp3) is 0.435. The minimum Gasteiger partial charge on any atom is -0.390 e. The maximum absolute atomic E-state index is 13.7. The van der Waals surface area contributed by atoms with Gasteiger partial charge in [-0.2, -0.15) is 0 Å². The van der Waals surface area contributed by atoms with Crippen molar-refractivity contribution in [3.63, 3.8) is 0 Å². The first kappa shape index (κ1) is 25.9. The van der Waals surface area contributed by atoms with E-state index in [-0.39, 0.29) is 34.2 Å². The third-order valence-electron chi connectivity index (χ3n) is 6.82. The van der Waals surface area contributed by atoms with Crippen molar-refractivity contribution in [1.82, 2.24) is 0 Å². The number of sulfone groups is 1. The third kappa shape index (κ3) is 4.55. The lowest BCUT2D eigenvalue weighted by Gasteiger charge is -2.44. The molecule has 35 heavy (non-hydrogen) atoms. The molecule has 190 valence electrons. The molecule has 7 nitrogen and oxygen atoms in total. The topological polar surface area (TPSA) is 113 Å². The molecule has 4 rings (SSSR count). The molecule has 4 unspecified atom stereocenters. The van der Waals surface area contributed by atoms with E-state index >= 15 is 0 Å². The van der Waals surface area contributed by atoms with Gasteiger partial charge < -0.3 is 20.3 Å². The predicted molar refractivity (Wildman–Crippen MR) is 120 cm³/mol. The van der Waals surface area contributed by atoms with Gasteiger partial charge in [0.2, 0.25) is 0 Å². The van der Waals surface area contributed by atoms with E-state index in [4.69, 9.17) is 16.3 Å². The van der Waals surface area contributed by atoms with E-state index in [1.807, 2.05) is 0 Å². The van der Waals surface area contributed by atoms with Crippen LogP contribution in [-0.4, -0.2) is 55.2 Å². The Balaban J connectivity index is 1.64. The predicted octanol–water partition coefficient (Wildman–Crippen LogP) is 3.32. The molecule has 0 spiro atoms. The summed E-state index contributed by atoms with van der Waals surface area (Å²) in [5.74, 6) is -6.82.